The summed E-state index contributed by atoms with van der Waals surface area (Å²) in [5.41, 5.74) is 8.11. The lowest BCUT2D eigenvalue weighted by Gasteiger charge is -2.27. The molecular formula is C32H42N6O5. The molecule has 0 radical (unpaired) electrons. The van der Waals surface area contributed by atoms with E-state index in [-0.39, 0.29) is 12.5 Å². The second-order valence-electron chi connectivity index (χ2n) is 11.0. The molecule has 0 unspecified atom stereocenters. The van der Waals surface area contributed by atoms with Crippen LogP contribution in [0.25, 0.3) is 21.9 Å². The molecule has 0 aliphatic rings. The Morgan fingerprint density at radius 3 is 2.51 bits per heavy atom. The third-order valence-corrected chi connectivity index (χ3v) is 7.58. The number of carboxylic acids is 1. The zero-order chi connectivity index (χ0) is 31.1. The van der Waals surface area contributed by atoms with Crippen LogP contribution in [-0.4, -0.2) is 86.8 Å². The Kier molecular flexibility index (Phi) is 10.2. The maximum absolute atomic E-state index is 13.7. The predicted molar refractivity (Wildman–Crippen MR) is 167 cm³/mol. The molecular weight excluding hydrogens is 548 g/mol. The SMILES string of the molecule is CCN(CC)CC(=O)N(CCn1c(CCOC)nc2c(N)nc3ccccc3c21)Cc1cccc(OC(C)(C)C(=O)O)c1. The first-order valence-corrected chi connectivity index (χ1v) is 14.6. The standard InChI is InChI=1S/C32H42N6O5/c1-6-36(7-2)21-27(39)37(20-22-11-10-12-23(19-22)43-32(3,4)31(40)41)16-17-38-26(15-18-42-5)35-28-29(38)24-13-8-9-14-25(24)34-30(28)33/h8-14,19H,6-7,15-18,20-21H2,1-5H3,(H2,33,34)(H,40,41). The van der Waals surface area contributed by atoms with Crippen LogP contribution in [0.1, 0.15) is 39.1 Å². The molecule has 11 heteroatoms. The third-order valence-electron chi connectivity index (χ3n) is 7.58. The van der Waals surface area contributed by atoms with E-state index in [9.17, 15) is 14.7 Å². The maximum Gasteiger partial charge on any atom is 0.347 e. The van der Waals surface area contributed by atoms with Crippen molar-refractivity contribution in [2.75, 3.05) is 45.6 Å². The molecule has 11 nitrogen and oxygen atoms in total. The number of anilines is 1. The Balaban J connectivity index is 1.69. The van der Waals surface area contributed by atoms with Crippen molar-refractivity contribution in [1.29, 1.82) is 0 Å². The van der Waals surface area contributed by atoms with E-state index >= 15 is 0 Å². The lowest BCUT2D eigenvalue weighted by molar-refractivity contribution is -0.152. The normalized spacial score (nSPS) is 11.9. The number of nitrogens with two attached hydrogens (primary N) is 1. The number of nitrogens with zero attached hydrogens (tertiary/aromatic N) is 5. The average molecular weight is 591 g/mol. The highest BCUT2D eigenvalue weighted by molar-refractivity contribution is 6.06. The van der Waals surface area contributed by atoms with Crippen molar-refractivity contribution in [2.24, 2.45) is 0 Å². The lowest BCUT2D eigenvalue weighted by Crippen LogP contribution is -2.41. The molecule has 3 N–H and O–H groups in total. The van der Waals surface area contributed by atoms with Crippen LogP contribution in [0, 0.1) is 0 Å². The van der Waals surface area contributed by atoms with Crippen LogP contribution >= 0.6 is 0 Å². The van der Waals surface area contributed by atoms with Crippen LogP contribution in [-0.2, 0) is 33.8 Å². The van der Waals surface area contributed by atoms with Crippen LogP contribution < -0.4 is 10.5 Å². The molecule has 0 aliphatic carbocycles. The largest absolute Gasteiger partial charge is 0.478 e. The molecule has 0 saturated heterocycles. The summed E-state index contributed by atoms with van der Waals surface area (Å²) >= 11 is 0. The first kappa shape index (κ1) is 31.7. The molecule has 2 heterocycles. The van der Waals surface area contributed by atoms with Crippen LogP contribution in [0.2, 0.25) is 0 Å². The van der Waals surface area contributed by atoms with Crippen molar-refractivity contribution in [3.63, 3.8) is 0 Å². The Bertz CT molecular complexity index is 1580. The third kappa shape index (κ3) is 7.41. The number of hydrogen-bond acceptors (Lipinski definition) is 8. The summed E-state index contributed by atoms with van der Waals surface area (Å²) in [5.74, 6) is 0.535. The van der Waals surface area contributed by atoms with Crippen LogP contribution in [0.3, 0.4) is 0 Å². The number of aromatic nitrogens is 3. The first-order chi connectivity index (χ1) is 20.6. The van der Waals surface area contributed by atoms with Crippen molar-refractivity contribution < 1.29 is 24.2 Å². The van der Waals surface area contributed by atoms with Gasteiger partial charge in [-0.3, -0.25) is 9.69 Å². The van der Waals surface area contributed by atoms with Gasteiger partial charge in [0, 0.05) is 38.6 Å². The fourth-order valence-electron chi connectivity index (χ4n) is 5.05. The number of aliphatic carboxylic acids is 1. The van der Waals surface area contributed by atoms with Gasteiger partial charge in [0.25, 0.3) is 0 Å². The molecule has 43 heavy (non-hydrogen) atoms. The number of imidazole rings is 1. The summed E-state index contributed by atoms with van der Waals surface area (Å²) in [6.45, 7) is 10.6. The highest BCUT2D eigenvalue weighted by Gasteiger charge is 2.29. The second-order valence-corrected chi connectivity index (χ2v) is 11.0. The van der Waals surface area contributed by atoms with Gasteiger partial charge in [-0.1, -0.05) is 44.2 Å². The number of pyridine rings is 1. The van der Waals surface area contributed by atoms with E-state index in [0.29, 0.717) is 49.7 Å². The molecule has 2 aromatic heterocycles. The number of ether oxygens (including phenoxy) is 2. The van der Waals surface area contributed by atoms with Crippen molar-refractivity contribution in [2.45, 2.75) is 52.8 Å². The van der Waals surface area contributed by atoms with Gasteiger partial charge in [-0.15, -0.1) is 0 Å². The molecule has 0 spiro atoms. The van der Waals surface area contributed by atoms with E-state index < -0.39 is 11.6 Å². The summed E-state index contributed by atoms with van der Waals surface area (Å²) in [5, 5.41) is 10.4. The Morgan fingerprint density at radius 1 is 1.07 bits per heavy atom. The molecule has 4 rings (SSSR count). The monoisotopic (exact) mass is 590 g/mol. The van der Waals surface area contributed by atoms with E-state index in [1.54, 1.807) is 19.2 Å². The molecule has 0 bridgehead atoms. The fraction of sp³-hybridized carbons (Fsp3) is 0.438. The second kappa shape index (κ2) is 13.8. The molecule has 4 aromatic rings. The number of para-hydroxylation sites is 1. The highest BCUT2D eigenvalue weighted by atomic mass is 16.5. The Hall–Kier alpha value is -4.22. The van der Waals surface area contributed by atoms with Gasteiger partial charge >= 0.3 is 5.97 Å². The molecule has 0 atom stereocenters. The van der Waals surface area contributed by atoms with Gasteiger partial charge in [0.1, 0.15) is 17.1 Å². The minimum absolute atomic E-state index is 0.00483. The van der Waals surface area contributed by atoms with Crippen molar-refractivity contribution >= 4 is 39.6 Å². The van der Waals surface area contributed by atoms with Gasteiger partial charge < -0.3 is 29.8 Å². The van der Waals surface area contributed by atoms with Crippen molar-refractivity contribution in [1.82, 2.24) is 24.3 Å². The molecule has 0 saturated carbocycles. The molecule has 2 aromatic carbocycles. The number of carbonyl (C=O) groups is 2. The van der Waals surface area contributed by atoms with E-state index in [2.05, 4.69) is 14.5 Å². The molecule has 0 fully saturated rings. The number of fused-ring (bicyclic) bond motifs is 3. The van der Waals surface area contributed by atoms with Gasteiger partial charge in [0.05, 0.1) is 24.2 Å². The van der Waals surface area contributed by atoms with E-state index in [1.807, 2.05) is 55.1 Å². The number of rotatable bonds is 15. The summed E-state index contributed by atoms with van der Waals surface area (Å²) in [6.07, 6.45) is 0.574. The van der Waals surface area contributed by atoms with Gasteiger partial charge in [-0.05, 0) is 50.7 Å². The summed E-state index contributed by atoms with van der Waals surface area (Å²) < 4.78 is 13.3. The van der Waals surface area contributed by atoms with Crippen LogP contribution in [0.5, 0.6) is 5.75 Å². The minimum atomic E-state index is -1.39. The van der Waals surface area contributed by atoms with Crippen LogP contribution in [0.4, 0.5) is 5.82 Å². The summed E-state index contributed by atoms with van der Waals surface area (Å²) in [4.78, 5) is 38.7. The number of carbonyl (C=O) groups excluding carboxylic acids is 1. The number of hydrogen-bond donors (Lipinski definition) is 2. The molecule has 230 valence electrons. The van der Waals surface area contributed by atoms with E-state index in [4.69, 9.17) is 20.2 Å². The number of nitrogen functional groups attached to an aromatic ring is 1. The first-order valence-electron chi connectivity index (χ1n) is 14.6. The number of methoxy groups -OCH3 is 1. The van der Waals surface area contributed by atoms with Gasteiger partial charge in [0.15, 0.2) is 11.4 Å². The van der Waals surface area contributed by atoms with Crippen molar-refractivity contribution in [3.05, 3.63) is 59.9 Å². The van der Waals surface area contributed by atoms with E-state index in [1.165, 1.54) is 13.8 Å². The number of amides is 1. The fourth-order valence-corrected chi connectivity index (χ4v) is 5.05. The van der Waals surface area contributed by atoms with Crippen LogP contribution in [0.15, 0.2) is 48.5 Å². The number of benzene rings is 2. The quantitative estimate of drug-likeness (QED) is 0.211. The summed E-state index contributed by atoms with van der Waals surface area (Å²) in [6, 6.07) is 15.1. The van der Waals surface area contributed by atoms with Crippen molar-refractivity contribution in [3.8, 4) is 5.75 Å². The van der Waals surface area contributed by atoms with Gasteiger partial charge in [-0.25, -0.2) is 14.8 Å². The summed E-state index contributed by atoms with van der Waals surface area (Å²) in [7, 11) is 1.65. The zero-order valence-corrected chi connectivity index (χ0v) is 25.7. The lowest BCUT2D eigenvalue weighted by atomic mass is 10.1. The smallest absolute Gasteiger partial charge is 0.347 e. The van der Waals surface area contributed by atoms with Gasteiger partial charge in [0.2, 0.25) is 5.91 Å². The average Bonchev–Trinajstić information content (AvgIpc) is 3.35. The Morgan fingerprint density at radius 2 is 1.81 bits per heavy atom. The molecule has 0 aliphatic heterocycles. The van der Waals surface area contributed by atoms with E-state index in [0.717, 1.165) is 40.9 Å². The topological polar surface area (TPSA) is 136 Å². The highest BCUT2D eigenvalue weighted by Crippen LogP contribution is 2.29. The van der Waals surface area contributed by atoms with Gasteiger partial charge in [-0.2, -0.15) is 0 Å². The zero-order valence-electron chi connectivity index (χ0n) is 25.7. The Labute approximate surface area is 252 Å². The number of likely N-dealkylation sites (N-methyl/N-ethyl adjacent to an activating group) is 1. The molecule has 1 amide bonds. The predicted octanol–water partition coefficient (Wildman–Crippen LogP) is 3.97. The number of carboxylic acid groups (broad SMARTS) is 1. The minimum Gasteiger partial charge on any atom is -0.478 e. The maximum atomic E-state index is 13.7.